The quantitative estimate of drug-likeness (QED) is 0.619. The van der Waals surface area contributed by atoms with Crippen molar-refractivity contribution < 1.29 is 9.59 Å². The molecule has 0 radical (unpaired) electrons. The molecule has 3 rings (SSSR count). The number of amides is 1. The Morgan fingerprint density at radius 1 is 1.22 bits per heavy atom. The third-order valence-corrected chi connectivity index (χ3v) is 5.26. The van der Waals surface area contributed by atoms with E-state index in [2.05, 4.69) is 16.9 Å². The third kappa shape index (κ3) is 3.40. The molecule has 2 unspecified atom stereocenters. The summed E-state index contributed by atoms with van der Waals surface area (Å²) in [6.07, 6.45) is 3.04. The molecule has 2 atom stereocenters. The van der Waals surface area contributed by atoms with Gasteiger partial charge < -0.3 is 4.90 Å². The maximum atomic E-state index is 13.2. The molecule has 0 N–H and O–H groups in total. The fourth-order valence-electron chi connectivity index (χ4n) is 3.93. The first-order valence-corrected chi connectivity index (χ1v) is 9.22. The van der Waals surface area contributed by atoms with E-state index in [-0.39, 0.29) is 11.7 Å². The number of likely N-dealkylation sites (N-methyl/N-ethyl adjacent to an activating group) is 1. The Hall–Kier alpha value is -2.87. The minimum Gasteiger partial charge on any atom is -0.334 e. The summed E-state index contributed by atoms with van der Waals surface area (Å²) in [4.78, 5) is 27.8. The van der Waals surface area contributed by atoms with Crippen molar-refractivity contribution in [2.75, 3.05) is 7.05 Å². The van der Waals surface area contributed by atoms with Crippen LogP contribution in [0.25, 0.3) is 0 Å². The molecule has 5 nitrogen and oxygen atoms in total. The van der Waals surface area contributed by atoms with Crippen molar-refractivity contribution in [3.63, 3.8) is 0 Å². The summed E-state index contributed by atoms with van der Waals surface area (Å²) < 4.78 is 1.71. The van der Waals surface area contributed by atoms with Crippen molar-refractivity contribution in [1.82, 2.24) is 14.7 Å². The Morgan fingerprint density at radius 3 is 2.56 bits per heavy atom. The lowest BCUT2D eigenvalue weighted by Crippen LogP contribution is -2.33. The Balaban J connectivity index is 2.00. The third-order valence-electron chi connectivity index (χ3n) is 5.26. The molecule has 1 aliphatic heterocycles. The molecule has 2 heterocycles. The van der Waals surface area contributed by atoms with Gasteiger partial charge >= 0.3 is 0 Å². The number of ketones is 1. The molecule has 0 saturated carbocycles. The number of hydrogen-bond donors (Lipinski definition) is 0. The number of carbonyl (C=O) groups excluding carboxylic acids is 2. The van der Waals surface area contributed by atoms with Gasteiger partial charge in [-0.1, -0.05) is 12.8 Å². The van der Waals surface area contributed by atoms with Crippen LogP contribution in [0.3, 0.4) is 0 Å². The topological polar surface area (TPSA) is 55.2 Å². The van der Waals surface area contributed by atoms with Gasteiger partial charge in [-0.2, -0.15) is 5.10 Å². The minimum atomic E-state index is -0.734. The summed E-state index contributed by atoms with van der Waals surface area (Å²) in [5, 5.41) is 4.36. The van der Waals surface area contributed by atoms with Crippen molar-refractivity contribution in [1.29, 1.82) is 0 Å². The van der Waals surface area contributed by atoms with Crippen molar-refractivity contribution in [2.45, 2.75) is 45.6 Å². The van der Waals surface area contributed by atoms with E-state index in [0.29, 0.717) is 6.42 Å². The maximum absolute atomic E-state index is 13.2. The standard InChI is InChI=1S/C22H25N3O2/c1-6-8-15-11-14(3)19(16(7-2)12-15)20-21(26)18(25(5)22(20)27)13-17-9-10-24(4)23-17/h9-12,18,20H,7,13H2,1-5H3. The molecule has 0 bridgehead atoms. The van der Waals surface area contributed by atoms with Gasteiger partial charge in [0.05, 0.1) is 11.7 Å². The molecular weight excluding hydrogens is 338 g/mol. The fourth-order valence-corrected chi connectivity index (χ4v) is 3.93. The number of aromatic nitrogens is 2. The van der Waals surface area contributed by atoms with Crippen LogP contribution in [0.5, 0.6) is 0 Å². The lowest BCUT2D eigenvalue weighted by Gasteiger charge is -2.17. The zero-order chi connectivity index (χ0) is 19.7. The number of carbonyl (C=O) groups is 2. The normalized spacial score (nSPS) is 19.4. The molecule has 0 aliphatic carbocycles. The number of benzene rings is 1. The molecule has 27 heavy (non-hydrogen) atoms. The van der Waals surface area contributed by atoms with Gasteiger partial charge in [0.25, 0.3) is 0 Å². The van der Waals surface area contributed by atoms with E-state index in [1.165, 1.54) is 0 Å². The minimum absolute atomic E-state index is 0.0414. The van der Waals surface area contributed by atoms with E-state index >= 15 is 0 Å². The van der Waals surface area contributed by atoms with Crippen LogP contribution in [0.1, 0.15) is 47.7 Å². The van der Waals surface area contributed by atoms with E-state index in [1.54, 1.807) is 23.6 Å². The van der Waals surface area contributed by atoms with Crippen LogP contribution >= 0.6 is 0 Å². The number of aryl methyl sites for hydroxylation is 3. The van der Waals surface area contributed by atoms with Crippen LogP contribution < -0.4 is 0 Å². The van der Waals surface area contributed by atoms with Gasteiger partial charge in [-0.15, -0.1) is 5.92 Å². The zero-order valence-electron chi connectivity index (χ0n) is 16.5. The highest BCUT2D eigenvalue weighted by Gasteiger charge is 2.47. The average Bonchev–Trinajstić information content (AvgIpc) is 3.13. The van der Waals surface area contributed by atoms with Gasteiger partial charge in [-0.05, 0) is 55.2 Å². The predicted molar refractivity (Wildman–Crippen MR) is 104 cm³/mol. The molecule has 1 saturated heterocycles. The molecule has 0 spiro atoms. The molecular formula is C22H25N3O2. The molecule has 2 aromatic rings. The highest BCUT2D eigenvalue weighted by Crippen LogP contribution is 2.35. The lowest BCUT2D eigenvalue weighted by atomic mass is 9.84. The fraction of sp³-hybridized carbons (Fsp3) is 0.409. The highest BCUT2D eigenvalue weighted by molar-refractivity contribution is 6.15. The summed E-state index contributed by atoms with van der Waals surface area (Å²) in [5.41, 5.74) is 4.56. The molecule has 1 aliphatic rings. The summed E-state index contributed by atoms with van der Waals surface area (Å²) >= 11 is 0. The average molecular weight is 363 g/mol. The first-order valence-electron chi connectivity index (χ1n) is 9.22. The van der Waals surface area contributed by atoms with E-state index < -0.39 is 12.0 Å². The molecule has 5 heteroatoms. The summed E-state index contributed by atoms with van der Waals surface area (Å²) in [6, 6.07) is 5.39. The summed E-state index contributed by atoms with van der Waals surface area (Å²) in [6.45, 7) is 5.80. The van der Waals surface area contributed by atoms with Gasteiger partial charge in [-0.3, -0.25) is 14.3 Å². The van der Waals surface area contributed by atoms with E-state index in [0.717, 1.165) is 34.4 Å². The molecule has 1 aromatic carbocycles. The van der Waals surface area contributed by atoms with Crippen LogP contribution in [0.2, 0.25) is 0 Å². The first kappa shape index (κ1) is 18.9. The predicted octanol–water partition coefficient (Wildman–Crippen LogP) is 2.40. The maximum Gasteiger partial charge on any atom is 0.238 e. The number of likely N-dealkylation sites (tertiary alicyclic amines) is 1. The lowest BCUT2D eigenvalue weighted by molar-refractivity contribution is -0.129. The van der Waals surface area contributed by atoms with Crippen LogP contribution in [0, 0.1) is 18.8 Å². The SMILES string of the molecule is CC#Cc1cc(C)c(C2C(=O)C(Cc3ccn(C)n3)N(C)C2=O)c(CC)c1. The van der Waals surface area contributed by atoms with Crippen LogP contribution in [-0.2, 0) is 29.5 Å². The number of Topliss-reactive ketones (excluding diaryl/α,β-unsaturated/α-hetero) is 1. The number of rotatable bonds is 4. The molecule has 1 aromatic heterocycles. The summed E-state index contributed by atoms with van der Waals surface area (Å²) in [7, 11) is 3.56. The monoisotopic (exact) mass is 363 g/mol. The van der Waals surface area contributed by atoms with Gasteiger partial charge in [0.15, 0.2) is 5.78 Å². The second-order valence-electron chi connectivity index (χ2n) is 7.08. The van der Waals surface area contributed by atoms with Crippen LogP contribution in [0.4, 0.5) is 0 Å². The zero-order valence-corrected chi connectivity index (χ0v) is 16.5. The van der Waals surface area contributed by atoms with E-state index in [9.17, 15) is 9.59 Å². The van der Waals surface area contributed by atoms with Crippen LogP contribution in [-0.4, -0.2) is 39.5 Å². The second-order valence-corrected chi connectivity index (χ2v) is 7.08. The van der Waals surface area contributed by atoms with Gasteiger partial charge in [-0.25, -0.2) is 0 Å². The first-order chi connectivity index (χ1) is 12.9. The smallest absolute Gasteiger partial charge is 0.238 e. The molecule has 1 fully saturated rings. The largest absolute Gasteiger partial charge is 0.334 e. The Kier molecular flexibility index (Phi) is 5.18. The Morgan fingerprint density at radius 2 is 1.96 bits per heavy atom. The number of hydrogen-bond acceptors (Lipinski definition) is 3. The van der Waals surface area contributed by atoms with Crippen molar-refractivity contribution in [3.8, 4) is 11.8 Å². The van der Waals surface area contributed by atoms with E-state index in [1.807, 2.05) is 45.3 Å². The highest BCUT2D eigenvalue weighted by atomic mass is 16.2. The van der Waals surface area contributed by atoms with Crippen LogP contribution in [0.15, 0.2) is 24.4 Å². The van der Waals surface area contributed by atoms with Gasteiger partial charge in [0.1, 0.15) is 5.92 Å². The van der Waals surface area contributed by atoms with Gasteiger partial charge in [0, 0.05) is 32.3 Å². The Bertz CT molecular complexity index is 962. The second kappa shape index (κ2) is 7.40. The van der Waals surface area contributed by atoms with Gasteiger partial charge in [0.2, 0.25) is 5.91 Å². The Labute approximate surface area is 160 Å². The summed E-state index contributed by atoms with van der Waals surface area (Å²) in [5.74, 6) is 5.08. The van der Waals surface area contributed by atoms with Crippen molar-refractivity contribution in [2.24, 2.45) is 7.05 Å². The molecule has 140 valence electrons. The molecule has 1 amide bonds. The van der Waals surface area contributed by atoms with Crippen molar-refractivity contribution in [3.05, 3.63) is 52.3 Å². The van der Waals surface area contributed by atoms with E-state index in [4.69, 9.17) is 0 Å². The number of nitrogens with zero attached hydrogens (tertiary/aromatic N) is 3. The van der Waals surface area contributed by atoms with Crippen molar-refractivity contribution >= 4 is 11.7 Å².